The van der Waals surface area contributed by atoms with Crippen molar-refractivity contribution in [2.45, 2.75) is 13.3 Å². The number of rotatable bonds is 3. The van der Waals surface area contributed by atoms with Crippen molar-refractivity contribution >= 4 is 26.7 Å². The fourth-order valence-electron chi connectivity index (χ4n) is 1.50. The molecule has 0 amide bonds. The van der Waals surface area contributed by atoms with Crippen molar-refractivity contribution in [1.29, 1.82) is 0 Å². The fourth-order valence-corrected chi connectivity index (χ4v) is 1.88. The summed E-state index contributed by atoms with van der Waals surface area (Å²) < 4.78 is 6.69. The summed E-state index contributed by atoms with van der Waals surface area (Å²) in [7, 11) is 0. The first-order chi connectivity index (χ1) is 7.29. The second-order valence-electron chi connectivity index (χ2n) is 3.50. The van der Waals surface area contributed by atoms with Crippen LogP contribution in [0.2, 0.25) is 0 Å². The molecule has 0 saturated carbocycles. The van der Waals surface area contributed by atoms with Crippen LogP contribution in [0.1, 0.15) is 13.3 Å². The Kier molecular flexibility index (Phi) is 3.27. The van der Waals surface area contributed by atoms with Crippen LogP contribution in [0.5, 0.6) is 5.75 Å². The summed E-state index contributed by atoms with van der Waals surface area (Å²) in [6.45, 7) is 2.89. The molecule has 0 spiro atoms. The highest BCUT2D eigenvalue weighted by atomic mass is 79.9. The van der Waals surface area contributed by atoms with E-state index in [1.807, 2.05) is 12.1 Å². The maximum Gasteiger partial charge on any atom is 0.119 e. The summed E-state index contributed by atoms with van der Waals surface area (Å²) in [4.78, 5) is 0. The number of benzene rings is 2. The standard InChI is InChI=1S/C13H13BrO/c1-2-7-15-13-6-4-10-8-12(14)5-3-11(10)9-13/h3-6,8-9H,2,7H2,1H3. The molecule has 1 nitrogen and oxygen atoms in total. The Labute approximate surface area is 98.2 Å². The minimum Gasteiger partial charge on any atom is -0.494 e. The second kappa shape index (κ2) is 4.67. The molecule has 78 valence electrons. The molecular formula is C13H13BrO. The highest BCUT2D eigenvalue weighted by molar-refractivity contribution is 9.10. The smallest absolute Gasteiger partial charge is 0.119 e. The predicted octanol–water partition coefficient (Wildman–Crippen LogP) is 4.39. The Bertz CT molecular complexity index is 465. The maximum atomic E-state index is 5.58. The van der Waals surface area contributed by atoms with Gasteiger partial charge in [0, 0.05) is 4.47 Å². The number of ether oxygens (including phenoxy) is 1. The normalized spacial score (nSPS) is 10.5. The summed E-state index contributed by atoms with van der Waals surface area (Å²) in [5, 5.41) is 2.44. The lowest BCUT2D eigenvalue weighted by molar-refractivity contribution is 0.318. The molecule has 0 aliphatic heterocycles. The molecule has 0 N–H and O–H groups in total. The van der Waals surface area contributed by atoms with Crippen LogP contribution < -0.4 is 4.74 Å². The highest BCUT2D eigenvalue weighted by Crippen LogP contribution is 2.24. The van der Waals surface area contributed by atoms with Crippen LogP contribution in [0.4, 0.5) is 0 Å². The Morgan fingerprint density at radius 2 is 1.80 bits per heavy atom. The molecule has 0 bridgehead atoms. The molecule has 0 radical (unpaired) electrons. The van der Waals surface area contributed by atoms with Gasteiger partial charge in [-0.2, -0.15) is 0 Å². The van der Waals surface area contributed by atoms with Gasteiger partial charge in [0.05, 0.1) is 6.61 Å². The van der Waals surface area contributed by atoms with Gasteiger partial charge in [-0.25, -0.2) is 0 Å². The van der Waals surface area contributed by atoms with Gasteiger partial charge in [0.15, 0.2) is 0 Å². The van der Waals surface area contributed by atoms with E-state index in [4.69, 9.17) is 4.74 Å². The van der Waals surface area contributed by atoms with Crippen LogP contribution in [0.25, 0.3) is 10.8 Å². The Balaban J connectivity index is 2.34. The van der Waals surface area contributed by atoms with Gasteiger partial charge in [0.25, 0.3) is 0 Å². The van der Waals surface area contributed by atoms with Gasteiger partial charge < -0.3 is 4.74 Å². The lowest BCUT2D eigenvalue weighted by Gasteiger charge is -2.05. The third-order valence-corrected chi connectivity index (χ3v) is 2.74. The molecule has 0 heterocycles. The van der Waals surface area contributed by atoms with Crippen LogP contribution in [-0.4, -0.2) is 6.61 Å². The summed E-state index contributed by atoms with van der Waals surface area (Å²) in [6.07, 6.45) is 1.04. The molecule has 0 aliphatic rings. The van der Waals surface area contributed by atoms with Crippen molar-refractivity contribution in [3.05, 3.63) is 40.9 Å². The summed E-state index contributed by atoms with van der Waals surface area (Å²) in [6, 6.07) is 12.4. The average molecular weight is 265 g/mol. The van der Waals surface area contributed by atoms with Gasteiger partial charge in [-0.1, -0.05) is 35.0 Å². The number of halogens is 1. The van der Waals surface area contributed by atoms with Crippen molar-refractivity contribution in [2.24, 2.45) is 0 Å². The third-order valence-electron chi connectivity index (χ3n) is 2.25. The average Bonchev–Trinajstić information content (AvgIpc) is 2.26. The summed E-state index contributed by atoms with van der Waals surface area (Å²) >= 11 is 3.46. The van der Waals surface area contributed by atoms with Crippen LogP contribution >= 0.6 is 15.9 Å². The van der Waals surface area contributed by atoms with E-state index in [1.165, 1.54) is 10.8 Å². The quantitative estimate of drug-likeness (QED) is 0.799. The molecular weight excluding hydrogens is 252 g/mol. The molecule has 0 unspecified atom stereocenters. The zero-order valence-electron chi connectivity index (χ0n) is 8.66. The number of fused-ring (bicyclic) bond motifs is 1. The van der Waals surface area contributed by atoms with E-state index >= 15 is 0 Å². The Hall–Kier alpha value is -1.02. The minimum atomic E-state index is 0.780. The lowest BCUT2D eigenvalue weighted by atomic mass is 10.1. The molecule has 0 aliphatic carbocycles. The molecule has 0 saturated heterocycles. The van der Waals surface area contributed by atoms with Gasteiger partial charge in [0.1, 0.15) is 5.75 Å². The lowest BCUT2D eigenvalue weighted by Crippen LogP contribution is -1.94. The van der Waals surface area contributed by atoms with E-state index in [-0.39, 0.29) is 0 Å². The summed E-state index contributed by atoms with van der Waals surface area (Å²) in [5.41, 5.74) is 0. The SMILES string of the molecule is CCCOc1ccc2cc(Br)ccc2c1. The molecule has 2 rings (SSSR count). The highest BCUT2D eigenvalue weighted by Gasteiger charge is 1.97. The van der Waals surface area contributed by atoms with Gasteiger partial charge in [-0.15, -0.1) is 0 Å². The summed E-state index contributed by atoms with van der Waals surface area (Å²) in [5.74, 6) is 0.951. The first-order valence-corrected chi connectivity index (χ1v) is 5.91. The van der Waals surface area contributed by atoms with E-state index < -0.39 is 0 Å². The van der Waals surface area contributed by atoms with Crippen LogP contribution in [0, 0.1) is 0 Å². The van der Waals surface area contributed by atoms with Crippen molar-refractivity contribution in [3.63, 3.8) is 0 Å². The van der Waals surface area contributed by atoms with E-state index in [0.717, 1.165) is 23.2 Å². The van der Waals surface area contributed by atoms with E-state index in [0.29, 0.717) is 0 Å². The fraction of sp³-hybridized carbons (Fsp3) is 0.231. The van der Waals surface area contributed by atoms with E-state index in [2.05, 4.69) is 47.1 Å². The van der Waals surface area contributed by atoms with Gasteiger partial charge in [-0.3, -0.25) is 0 Å². The molecule has 2 aromatic carbocycles. The molecule has 0 aromatic heterocycles. The first kappa shape index (κ1) is 10.5. The van der Waals surface area contributed by atoms with E-state index in [9.17, 15) is 0 Å². The van der Waals surface area contributed by atoms with Crippen molar-refractivity contribution < 1.29 is 4.74 Å². The molecule has 15 heavy (non-hydrogen) atoms. The monoisotopic (exact) mass is 264 g/mol. The topological polar surface area (TPSA) is 9.23 Å². The first-order valence-electron chi connectivity index (χ1n) is 5.11. The molecule has 0 atom stereocenters. The van der Waals surface area contributed by atoms with Crippen molar-refractivity contribution in [1.82, 2.24) is 0 Å². The zero-order chi connectivity index (χ0) is 10.7. The maximum absolute atomic E-state index is 5.58. The van der Waals surface area contributed by atoms with Crippen LogP contribution in [-0.2, 0) is 0 Å². The van der Waals surface area contributed by atoms with Crippen molar-refractivity contribution in [3.8, 4) is 5.75 Å². The van der Waals surface area contributed by atoms with Crippen LogP contribution in [0.15, 0.2) is 40.9 Å². The molecule has 2 aromatic rings. The Morgan fingerprint density at radius 1 is 1.07 bits per heavy atom. The second-order valence-corrected chi connectivity index (χ2v) is 4.42. The Morgan fingerprint density at radius 3 is 2.60 bits per heavy atom. The largest absolute Gasteiger partial charge is 0.494 e. The van der Waals surface area contributed by atoms with Crippen LogP contribution in [0.3, 0.4) is 0 Å². The van der Waals surface area contributed by atoms with Gasteiger partial charge in [-0.05, 0) is 41.5 Å². The minimum absolute atomic E-state index is 0.780. The number of hydrogen-bond donors (Lipinski definition) is 0. The molecule has 0 fully saturated rings. The van der Waals surface area contributed by atoms with E-state index in [1.54, 1.807) is 0 Å². The number of hydrogen-bond acceptors (Lipinski definition) is 1. The van der Waals surface area contributed by atoms with Gasteiger partial charge in [0.2, 0.25) is 0 Å². The zero-order valence-corrected chi connectivity index (χ0v) is 10.3. The third kappa shape index (κ3) is 2.51. The van der Waals surface area contributed by atoms with Gasteiger partial charge >= 0.3 is 0 Å². The van der Waals surface area contributed by atoms with Crippen molar-refractivity contribution in [2.75, 3.05) is 6.61 Å². The predicted molar refractivity (Wildman–Crippen MR) is 67.4 cm³/mol. The molecule has 2 heteroatoms.